The van der Waals surface area contributed by atoms with Crippen molar-refractivity contribution in [1.82, 2.24) is 15.5 Å². The summed E-state index contributed by atoms with van der Waals surface area (Å²) in [6, 6.07) is 5.63. The van der Waals surface area contributed by atoms with Gasteiger partial charge in [-0.3, -0.25) is 4.79 Å². The molecule has 0 radical (unpaired) electrons. The normalized spacial score (nSPS) is 16.6. The molecule has 1 aromatic carbocycles. The minimum Gasteiger partial charge on any atom is -0.491 e. The molecule has 3 rings (SSSR count). The van der Waals surface area contributed by atoms with Gasteiger partial charge in [0.1, 0.15) is 12.4 Å². The summed E-state index contributed by atoms with van der Waals surface area (Å²) in [5.74, 6) is 1.85. The van der Waals surface area contributed by atoms with Crippen molar-refractivity contribution in [2.75, 3.05) is 6.61 Å². The van der Waals surface area contributed by atoms with E-state index < -0.39 is 0 Å². The van der Waals surface area contributed by atoms with Crippen LogP contribution in [-0.4, -0.2) is 22.7 Å². The summed E-state index contributed by atoms with van der Waals surface area (Å²) in [7, 11) is 0. The van der Waals surface area contributed by atoms with E-state index in [1.807, 2.05) is 25.1 Å². The lowest BCUT2D eigenvalue weighted by molar-refractivity contribution is -0.119. The lowest BCUT2D eigenvalue weighted by Crippen LogP contribution is -2.26. The van der Waals surface area contributed by atoms with Crippen LogP contribution in [-0.2, 0) is 11.2 Å². The maximum atomic E-state index is 11.1. The molecule has 0 unspecified atom stereocenters. The van der Waals surface area contributed by atoms with Gasteiger partial charge in [0, 0.05) is 24.5 Å². The number of rotatable bonds is 3. The molecule has 6 nitrogen and oxygen atoms in total. The second-order valence-electron chi connectivity index (χ2n) is 4.68. The van der Waals surface area contributed by atoms with Gasteiger partial charge in [-0.1, -0.05) is 24.2 Å². The van der Waals surface area contributed by atoms with Crippen LogP contribution in [0.2, 0.25) is 0 Å². The number of aromatic nitrogens is 2. The Morgan fingerprint density at radius 2 is 2.35 bits per heavy atom. The molecule has 0 fully saturated rings. The van der Waals surface area contributed by atoms with Gasteiger partial charge in [-0.25, -0.2) is 0 Å². The van der Waals surface area contributed by atoms with Crippen molar-refractivity contribution >= 4 is 5.91 Å². The fourth-order valence-corrected chi connectivity index (χ4v) is 2.23. The average Bonchev–Trinajstić information content (AvgIpc) is 3.05. The zero-order valence-electron chi connectivity index (χ0n) is 11.3. The van der Waals surface area contributed by atoms with Crippen molar-refractivity contribution in [1.29, 1.82) is 0 Å². The summed E-state index contributed by atoms with van der Waals surface area (Å²) in [5.41, 5.74) is 1.82. The van der Waals surface area contributed by atoms with Crippen LogP contribution in [0.1, 0.15) is 31.3 Å². The molecule has 0 bridgehead atoms. The molecule has 2 aromatic rings. The van der Waals surface area contributed by atoms with E-state index in [-0.39, 0.29) is 11.9 Å². The molecule has 20 heavy (non-hydrogen) atoms. The van der Waals surface area contributed by atoms with Gasteiger partial charge in [0.05, 0.1) is 6.04 Å². The first-order valence-electron chi connectivity index (χ1n) is 6.54. The average molecular weight is 273 g/mol. The third-order valence-electron chi connectivity index (χ3n) is 3.20. The highest BCUT2D eigenvalue weighted by atomic mass is 16.5. The van der Waals surface area contributed by atoms with Crippen LogP contribution in [0.15, 0.2) is 22.7 Å². The van der Waals surface area contributed by atoms with Gasteiger partial charge < -0.3 is 14.6 Å². The lowest BCUT2D eigenvalue weighted by Gasteiger charge is -2.09. The minimum atomic E-state index is -0.0898. The first kappa shape index (κ1) is 12.7. The minimum absolute atomic E-state index is 0.0683. The lowest BCUT2D eigenvalue weighted by atomic mass is 10.1. The third-order valence-corrected chi connectivity index (χ3v) is 3.20. The van der Waals surface area contributed by atoms with Crippen LogP contribution >= 0.6 is 0 Å². The fourth-order valence-electron chi connectivity index (χ4n) is 2.23. The summed E-state index contributed by atoms with van der Waals surface area (Å²) < 4.78 is 10.7. The summed E-state index contributed by atoms with van der Waals surface area (Å²) >= 11 is 0. The summed E-state index contributed by atoms with van der Waals surface area (Å²) in [4.78, 5) is 15.4. The van der Waals surface area contributed by atoms with Crippen LogP contribution in [0.25, 0.3) is 11.4 Å². The maximum Gasteiger partial charge on any atom is 0.226 e. The quantitative estimate of drug-likeness (QED) is 0.923. The molecule has 0 saturated carbocycles. The highest BCUT2D eigenvalue weighted by Gasteiger charge is 2.25. The van der Waals surface area contributed by atoms with Crippen LogP contribution in [0.5, 0.6) is 5.75 Å². The van der Waals surface area contributed by atoms with Crippen LogP contribution in [0, 0.1) is 0 Å². The summed E-state index contributed by atoms with van der Waals surface area (Å²) in [6.07, 6.45) is 0.707. The molecular weight excluding hydrogens is 258 g/mol. The van der Waals surface area contributed by atoms with Crippen molar-refractivity contribution in [3.8, 4) is 17.1 Å². The number of nitrogens with one attached hydrogen (secondary N) is 1. The number of nitrogens with zero attached hydrogens (tertiary/aromatic N) is 2. The smallest absolute Gasteiger partial charge is 0.226 e. The van der Waals surface area contributed by atoms with E-state index in [4.69, 9.17) is 9.26 Å². The van der Waals surface area contributed by atoms with E-state index in [2.05, 4.69) is 15.5 Å². The van der Waals surface area contributed by atoms with Crippen molar-refractivity contribution < 1.29 is 14.1 Å². The zero-order valence-corrected chi connectivity index (χ0v) is 11.3. The molecule has 2 heterocycles. The Bertz CT molecular complexity index is 651. The summed E-state index contributed by atoms with van der Waals surface area (Å²) in [5, 5.41) is 6.80. The molecule has 1 amide bonds. The van der Waals surface area contributed by atoms with Gasteiger partial charge in [-0.2, -0.15) is 4.98 Å². The second kappa shape index (κ2) is 4.96. The van der Waals surface area contributed by atoms with E-state index in [1.54, 1.807) is 0 Å². The number of benzene rings is 1. The molecular formula is C14H15N3O3. The number of ether oxygens (including phenoxy) is 1. The van der Waals surface area contributed by atoms with E-state index in [0.717, 1.165) is 16.9 Å². The van der Waals surface area contributed by atoms with Gasteiger partial charge in [0.15, 0.2) is 0 Å². The molecule has 1 atom stereocenters. The molecule has 6 heteroatoms. The van der Waals surface area contributed by atoms with Gasteiger partial charge in [0.25, 0.3) is 0 Å². The topological polar surface area (TPSA) is 77.2 Å². The molecule has 0 aliphatic carbocycles. The molecule has 1 N–H and O–H groups in total. The number of hydrogen-bond donors (Lipinski definition) is 1. The molecule has 1 aromatic heterocycles. The number of carbonyl (C=O) groups excluding carboxylic acids is 1. The second-order valence-corrected chi connectivity index (χ2v) is 4.68. The number of carbonyl (C=O) groups is 1. The molecule has 104 valence electrons. The van der Waals surface area contributed by atoms with Crippen molar-refractivity contribution in [3.05, 3.63) is 29.7 Å². The predicted octanol–water partition coefficient (Wildman–Crippen LogP) is 1.87. The van der Waals surface area contributed by atoms with E-state index in [0.29, 0.717) is 24.7 Å². The monoisotopic (exact) mass is 273 g/mol. The number of fused-ring (bicyclic) bond motifs is 1. The number of aryl methyl sites for hydroxylation is 1. The standard InChI is InChI=1S/C14H15N3O3/c1-3-13-16-14(17-20-13)9-4-5-10-11(15-8(2)18)7-19-12(10)6-9/h4-6,11H,3,7H2,1-2H3,(H,15,18)/t11-/m1/s1. The first-order chi connectivity index (χ1) is 9.67. The Morgan fingerprint density at radius 1 is 1.50 bits per heavy atom. The molecule has 0 spiro atoms. The maximum absolute atomic E-state index is 11.1. The fraction of sp³-hybridized carbons (Fsp3) is 0.357. The molecule has 1 aliphatic rings. The molecule has 0 saturated heterocycles. The van der Waals surface area contributed by atoms with Gasteiger partial charge in [-0.05, 0) is 6.07 Å². The Morgan fingerprint density at radius 3 is 3.05 bits per heavy atom. The van der Waals surface area contributed by atoms with Gasteiger partial charge in [0.2, 0.25) is 17.6 Å². The molecule has 1 aliphatic heterocycles. The highest BCUT2D eigenvalue weighted by Crippen LogP contribution is 2.35. The first-order valence-corrected chi connectivity index (χ1v) is 6.54. The van der Waals surface area contributed by atoms with Crippen LogP contribution < -0.4 is 10.1 Å². The van der Waals surface area contributed by atoms with Crippen molar-refractivity contribution in [2.24, 2.45) is 0 Å². The highest BCUT2D eigenvalue weighted by molar-refractivity contribution is 5.74. The van der Waals surface area contributed by atoms with Crippen molar-refractivity contribution in [3.63, 3.8) is 0 Å². The van der Waals surface area contributed by atoms with Crippen LogP contribution in [0.4, 0.5) is 0 Å². The SMILES string of the molecule is CCc1nc(-c2ccc3c(c2)OC[C@H]3NC(C)=O)no1. The van der Waals surface area contributed by atoms with Gasteiger partial charge >= 0.3 is 0 Å². The number of amides is 1. The third kappa shape index (κ3) is 2.24. The number of hydrogen-bond acceptors (Lipinski definition) is 5. The predicted molar refractivity (Wildman–Crippen MR) is 71.2 cm³/mol. The van der Waals surface area contributed by atoms with Crippen LogP contribution in [0.3, 0.4) is 0 Å². The van der Waals surface area contributed by atoms with E-state index in [9.17, 15) is 4.79 Å². The van der Waals surface area contributed by atoms with Crippen molar-refractivity contribution in [2.45, 2.75) is 26.3 Å². The Balaban J connectivity index is 1.89. The Kier molecular flexibility index (Phi) is 3.14. The zero-order chi connectivity index (χ0) is 14.1. The Hall–Kier alpha value is -2.37. The summed E-state index contributed by atoms with van der Waals surface area (Å²) in [6.45, 7) is 3.91. The largest absolute Gasteiger partial charge is 0.491 e. The van der Waals surface area contributed by atoms with Gasteiger partial charge in [-0.15, -0.1) is 0 Å². The Labute approximate surface area is 116 Å². The van der Waals surface area contributed by atoms with E-state index in [1.165, 1.54) is 6.92 Å². The van der Waals surface area contributed by atoms with E-state index >= 15 is 0 Å².